The van der Waals surface area contributed by atoms with Crippen molar-refractivity contribution in [2.75, 3.05) is 0 Å². The molecule has 0 bridgehead atoms. The summed E-state index contributed by atoms with van der Waals surface area (Å²) in [6.07, 6.45) is 0.477. The van der Waals surface area contributed by atoms with E-state index in [0.29, 0.717) is 40.0 Å². The number of nitriles is 1. The van der Waals surface area contributed by atoms with Crippen LogP contribution in [0, 0.1) is 18.3 Å². The molecule has 4 aromatic rings. The molecule has 4 rings (SSSR count). The highest BCUT2D eigenvalue weighted by Gasteiger charge is 2.14. The van der Waals surface area contributed by atoms with Crippen molar-refractivity contribution in [1.82, 2.24) is 24.7 Å². The van der Waals surface area contributed by atoms with Crippen molar-refractivity contribution in [2.24, 2.45) is 0 Å². The summed E-state index contributed by atoms with van der Waals surface area (Å²) >= 11 is 2.85. The number of para-hydroxylation sites is 1. The molecule has 140 valence electrons. The predicted octanol–water partition coefficient (Wildman–Crippen LogP) is 2.95. The Morgan fingerprint density at radius 1 is 1.29 bits per heavy atom. The molecule has 1 aromatic carbocycles. The first-order valence-corrected chi connectivity index (χ1v) is 10.2. The third-order valence-electron chi connectivity index (χ3n) is 3.94. The number of thioether (sulfide) groups is 1. The van der Waals surface area contributed by atoms with Crippen molar-refractivity contribution in [3.8, 4) is 6.07 Å². The van der Waals surface area contributed by atoms with Gasteiger partial charge in [0.2, 0.25) is 5.89 Å². The molecular weight excluding hydrogens is 396 g/mol. The van der Waals surface area contributed by atoms with Gasteiger partial charge in [-0.1, -0.05) is 23.9 Å². The number of rotatable bonds is 6. The molecule has 0 aliphatic carbocycles. The van der Waals surface area contributed by atoms with Gasteiger partial charge in [-0.05, 0) is 19.1 Å². The molecule has 0 N–H and O–H groups in total. The SMILES string of the molecule is Cc1nc(Cc2nnc(SCc3nc4ccccc4c(=O)n3CC#N)o2)cs1. The van der Waals surface area contributed by atoms with Gasteiger partial charge in [0.05, 0.1) is 39.8 Å². The van der Waals surface area contributed by atoms with Crippen LogP contribution in [0.3, 0.4) is 0 Å². The van der Waals surface area contributed by atoms with Crippen LogP contribution in [0.4, 0.5) is 0 Å². The van der Waals surface area contributed by atoms with Crippen molar-refractivity contribution in [3.63, 3.8) is 0 Å². The summed E-state index contributed by atoms with van der Waals surface area (Å²) in [5.74, 6) is 1.30. The number of thiazole rings is 1. The largest absolute Gasteiger partial charge is 0.416 e. The van der Waals surface area contributed by atoms with Gasteiger partial charge >= 0.3 is 0 Å². The summed E-state index contributed by atoms with van der Waals surface area (Å²) in [6.45, 7) is 1.88. The smallest absolute Gasteiger partial charge is 0.277 e. The molecule has 0 unspecified atom stereocenters. The van der Waals surface area contributed by atoms with Gasteiger partial charge in [-0.3, -0.25) is 9.36 Å². The quantitative estimate of drug-likeness (QED) is 0.446. The summed E-state index contributed by atoms with van der Waals surface area (Å²) < 4.78 is 7.04. The maximum atomic E-state index is 12.7. The van der Waals surface area contributed by atoms with Crippen LogP contribution in [-0.4, -0.2) is 24.7 Å². The molecular formula is C18H14N6O2S2. The van der Waals surface area contributed by atoms with Crippen LogP contribution < -0.4 is 5.56 Å². The maximum absolute atomic E-state index is 12.7. The van der Waals surface area contributed by atoms with Crippen molar-refractivity contribution in [2.45, 2.75) is 30.9 Å². The molecule has 0 fully saturated rings. The molecule has 28 heavy (non-hydrogen) atoms. The number of hydrogen-bond acceptors (Lipinski definition) is 9. The average molecular weight is 410 g/mol. The Balaban J connectivity index is 1.55. The Morgan fingerprint density at radius 2 is 2.14 bits per heavy atom. The van der Waals surface area contributed by atoms with Crippen molar-refractivity contribution in [3.05, 3.63) is 62.4 Å². The fraction of sp³-hybridized carbons (Fsp3) is 0.222. The highest BCUT2D eigenvalue weighted by atomic mass is 32.2. The third-order valence-corrected chi connectivity index (χ3v) is 5.58. The minimum Gasteiger partial charge on any atom is -0.416 e. The lowest BCUT2D eigenvalue weighted by Gasteiger charge is -2.09. The summed E-state index contributed by atoms with van der Waals surface area (Å²) in [5, 5.41) is 21.0. The zero-order chi connectivity index (χ0) is 19.5. The molecule has 10 heteroatoms. The minimum absolute atomic E-state index is 0.0647. The molecule has 0 saturated carbocycles. The van der Waals surface area contributed by atoms with E-state index < -0.39 is 0 Å². The molecule has 0 atom stereocenters. The Labute approximate surface area is 167 Å². The molecule has 0 radical (unpaired) electrons. The number of hydrogen-bond donors (Lipinski definition) is 0. The number of nitrogens with zero attached hydrogens (tertiary/aromatic N) is 6. The molecule has 0 aliphatic heterocycles. The Hall–Kier alpha value is -3.03. The van der Waals surface area contributed by atoms with Gasteiger partial charge in [-0.25, -0.2) is 9.97 Å². The van der Waals surface area contributed by atoms with Crippen LogP contribution in [0.2, 0.25) is 0 Å². The van der Waals surface area contributed by atoms with Crippen LogP contribution in [0.15, 0.2) is 44.1 Å². The molecule has 3 heterocycles. The normalized spacial score (nSPS) is 11.0. The minimum atomic E-state index is -0.229. The maximum Gasteiger partial charge on any atom is 0.277 e. The lowest BCUT2D eigenvalue weighted by Crippen LogP contribution is -2.24. The third kappa shape index (κ3) is 3.81. The Kier molecular flexibility index (Phi) is 5.18. The zero-order valence-corrected chi connectivity index (χ0v) is 16.5. The summed E-state index contributed by atoms with van der Waals surface area (Å²) in [4.78, 5) is 21.6. The number of aromatic nitrogens is 5. The van der Waals surface area contributed by atoms with E-state index in [2.05, 4.69) is 20.2 Å². The average Bonchev–Trinajstić information content (AvgIpc) is 3.31. The van der Waals surface area contributed by atoms with Crippen molar-refractivity contribution >= 4 is 34.0 Å². The molecule has 0 saturated heterocycles. The van der Waals surface area contributed by atoms with Crippen LogP contribution in [0.25, 0.3) is 10.9 Å². The van der Waals surface area contributed by atoms with Gasteiger partial charge in [-0.15, -0.1) is 21.5 Å². The van der Waals surface area contributed by atoms with E-state index in [1.807, 2.05) is 24.4 Å². The van der Waals surface area contributed by atoms with Crippen molar-refractivity contribution < 1.29 is 4.42 Å². The predicted molar refractivity (Wildman–Crippen MR) is 105 cm³/mol. The zero-order valence-electron chi connectivity index (χ0n) is 14.8. The lowest BCUT2D eigenvalue weighted by molar-refractivity contribution is 0.419. The highest BCUT2D eigenvalue weighted by molar-refractivity contribution is 7.98. The van der Waals surface area contributed by atoms with Crippen LogP contribution in [0.1, 0.15) is 22.4 Å². The van der Waals surface area contributed by atoms with Gasteiger partial charge in [0.1, 0.15) is 12.4 Å². The fourth-order valence-electron chi connectivity index (χ4n) is 2.70. The second kappa shape index (κ2) is 7.92. The molecule has 8 nitrogen and oxygen atoms in total. The van der Waals surface area contributed by atoms with Crippen molar-refractivity contribution in [1.29, 1.82) is 5.26 Å². The van der Waals surface area contributed by atoms with Gasteiger partial charge in [0, 0.05) is 5.38 Å². The van der Waals surface area contributed by atoms with Gasteiger partial charge < -0.3 is 4.42 Å². The van der Waals surface area contributed by atoms with Crippen LogP contribution >= 0.6 is 23.1 Å². The molecule has 0 aliphatic rings. The summed E-state index contributed by atoms with van der Waals surface area (Å²) in [5.41, 5.74) is 1.26. The Morgan fingerprint density at radius 3 is 2.93 bits per heavy atom. The van der Waals surface area contributed by atoms with E-state index in [0.717, 1.165) is 10.7 Å². The van der Waals surface area contributed by atoms with E-state index >= 15 is 0 Å². The fourth-order valence-corrected chi connectivity index (χ4v) is 4.04. The number of benzene rings is 1. The number of fused-ring (bicyclic) bond motifs is 1. The topological polar surface area (TPSA) is 110 Å². The van der Waals surface area contributed by atoms with E-state index in [-0.39, 0.29) is 12.1 Å². The highest BCUT2D eigenvalue weighted by Crippen LogP contribution is 2.22. The summed E-state index contributed by atoms with van der Waals surface area (Å²) in [7, 11) is 0. The van der Waals surface area contributed by atoms with E-state index in [4.69, 9.17) is 9.68 Å². The monoisotopic (exact) mass is 410 g/mol. The van der Waals surface area contributed by atoms with Crippen LogP contribution in [0.5, 0.6) is 0 Å². The van der Waals surface area contributed by atoms with Gasteiger partial charge in [-0.2, -0.15) is 5.26 Å². The molecule has 0 amide bonds. The summed E-state index contributed by atoms with van der Waals surface area (Å²) in [6, 6.07) is 9.11. The molecule has 0 spiro atoms. The van der Waals surface area contributed by atoms with Gasteiger partial charge in [0.25, 0.3) is 10.8 Å². The van der Waals surface area contributed by atoms with E-state index in [1.165, 1.54) is 16.3 Å². The first kappa shape index (κ1) is 18.3. The Bertz CT molecular complexity index is 1240. The van der Waals surface area contributed by atoms with E-state index in [1.54, 1.807) is 29.5 Å². The first-order valence-electron chi connectivity index (χ1n) is 8.35. The standard InChI is InChI=1S/C18H14N6O2S2/c1-11-20-12(9-27-11)8-16-22-23-18(26-16)28-10-15-21-14-5-3-2-4-13(14)17(25)24(15)7-6-19/h2-5,9H,7-8,10H2,1H3. The second-order valence-corrected chi connectivity index (χ2v) is 7.87. The van der Waals surface area contributed by atoms with E-state index in [9.17, 15) is 4.79 Å². The molecule has 3 aromatic heterocycles. The van der Waals surface area contributed by atoms with Gasteiger partial charge in [0.15, 0.2) is 0 Å². The lowest BCUT2D eigenvalue weighted by atomic mass is 10.2. The first-order chi connectivity index (χ1) is 13.6. The second-order valence-electron chi connectivity index (χ2n) is 5.88. The van der Waals surface area contributed by atoms with Crippen LogP contribution in [-0.2, 0) is 18.7 Å². The number of aryl methyl sites for hydroxylation is 1.